The highest BCUT2D eigenvalue weighted by atomic mass is 32.1. The third-order valence-electron chi connectivity index (χ3n) is 4.35. The Labute approximate surface area is 114 Å². The van der Waals surface area contributed by atoms with Crippen LogP contribution in [0.2, 0.25) is 0 Å². The standard InChI is InChI=1S/C14H24N2OS/c1-4-14(3,16-6-8-17-9-7-16)13(15)12-5-10-18-11(12)2/h5,10,13H,4,6-9,15H2,1-3H3. The van der Waals surface area contributed by atoms with Crippen LogP contribution in [0, 0.1) is 6.92 Å². The van der Waals surface area contributed by atoms with Gasteiger partial charge in [-0.2, -0.15) is 0 Å². The van der Waals surface area contributed by atoms with Crippen molar-refractivity contribution >= 4 is 11.3 Å². The average Bonchev–Trinajstić information content (AvgIpc) is 2.84. The Hall–Kier alpha value is -0.420. The number of aryl methyl sites for hydroxylation is 1. The van der Waals surface area contributed by atoms with Crippen LogP contribution in [0.5, 0.6) is 0 Å². The number of nitrogens with zero attached hydrogens (tertiary/aromatic N) is 1. The molecule has 1 fully saturated rings. The first-order valence-corrected chi connectivity index (χ1v) is 7.60. The Morgan fingerprint density at radius 1 is 1.50 bits per heavy atom. The van der Waals surface area contributed by atoms with Gasteiger partial charge in [-0.25, -0.2) is 0 Å². The molecule has 0 bridgehead atoms. The molecule has 2 N–H and O–H groups in total. The van der Waals surface area contributed by atoms with Crippen LogP contribution >= 0.6 is 11.3 Å². The van der Waals surface area contributed by atoms with Crippen molar-refractivity contribution in [1.29, 1.82) is 0 Å². The Balaban J connectivity index is 2.22. The van der Waals surface area contributed by atoms with E-state index in [1.54, 1.807) is 11.3 Å². The van der Waals surface area contributed by atoms with Crippen molar-refractivity contribution in [1.82, 2.24) is 4.90 Å². The highest BCUT2D eigenvalue weighted by Gasteiger charge is 2.38. The number of rotatable bonds is 4. The van der Waals surface area contributed by atoms with Crippen LogP contribution in [-0.2, 0) is 4.74 Å². The summed E-state index contributed by atoms with van der Waals surface area (Å²) in [5.74, 6) is 0. The molecule has 4 heteroatoms. The Morgan fingerprint density at radius 2 is 2.17 bits per heavy atom. The van der Waals surface area contributed by atoms with E-state index >= 15 is 0 Å². The Kier molecular flexibility index (Phi) is 4.43. The van der Waals surface area contributed by atoms with Crippen molar-refractivity contribution in [2.45, 2.75) is 38.8 Å². The van der Waals surface area contributed by atoms with Gasteiger partial charge in [0.05, 0.1) is 13.2 Å². The zero-order valence-electron chi connectivity index (χ0n) is 11.6. The maximum absolute atomic E-state index is 6.58. The van der Waals surface area contributed by atoms with Crippen LogP contribution < -0.4 is 5.73 Å². The topological polar surface area (TPSA) is 38.5 Å². The van der Waals surface area contributed by atoms with Gasteiger partial charge in [-0.05, 0) is 37.3 Å². The minimum Gasteiger partial charge on any atom is -0.379 e. The summed E-state index contributed by atoms with van der Waals surface area (Å²) in [6.07, 6.45) is 1.06. The number of hydrogen-bond donors (Lipinski definition) is 1. The number of thiophene rings is 1. The molecule has 102 valence electrons. The number of ether oxygens (including phenoxy) is 1. The summed E-state index contributed by atoms with van der Waals surface area (Å²) >= 11 is 1.78. The molecule has 1 aliphatic rings. The second kappa shape index (κ2) is 5.70. The van der Waals surface area contributed by atoms with Gasteiger partial charge in [-0.3, -0.25) is 4.90 Å². The second-order valence-corrected chi connectivity index (χ2v) is 6.34. The van der Waals surface area contributed by atoms with Gasteiger partial charge in [-0.15, -0.1) is 11.3 Å². The molecule has 0 spiro atoms. The predicted molar refractivity (Wildman–Crippen MR) is 77.1 cm³/mol. The van der Waals surface area contributed by atoms with Crippen LogP contribution in [0.4, 0.5) is 0 Å². The third-order valence-corrected chi connectivity index (χ3v) is 5.21. The van der Waals surface area contributed by atoms with Gasteiger partial charge in [0.1, 0.15) is 0 Å². The summed E-state index contributed by atoms with van der Waals surface area (Å²) in [4.78, 5) is 3.84. The van der Waals surface area contributed by atoms with Crippen LogP contribution in [0.15, 0.2) is 11.4 Å². The molecule has 0 amide bonds. The normalized spacial score (nSPS) is 22.7. The lowest BCUT2D eigenvalue weighted by molar-refractivity contribution is -0.0278. The molecular weight excluding hydrogens is 244 g/mol. The van der Waals surface area contributed by atoms with E-state index in [9.17, 15) is 0 Å². The van der Waals surface area contributed by atoms with Crippen molar-refractivity contribution in [3.8, 4) is 0 Å². The number of nitrogens with two attached hydrogens (primary N) is 1. The Morgan fingerprint density at radius 3 is 2.67 bits per heavy atom. The molecule has 1 aromatic heterocycles. The number of morpholine rings is 1. The largest absolute Gasteiger partial charge is 0.379 e. The van der Waals surface area contributed by atoms with Crippen molar-refractivity contribution in [2.75, 3.05) is 26.3 Å². The lowest BCUT2D eigenvalue weighted by Gasteiger charge is -2.46. The molecular formula is C14H24N2OS. The molecule has 1 aromatic rings. The van der Waals surface area contributed by atoms with Crippen LogP contribution in [0.25, 0.3) is 0 Å². The molecule has 0 radical (unpaired) electrons. The third kappa shape index (κ3) is 2.48. The SMILES string of the molecule is CCC(C)(C(N)c1ccsc1C)N1CCOCC1. The van der Waals surface area contributed by atoms with Gasteiger partial charge in [0.25, 0.3) is 0 Å². The van der Waals surface area contributed by atoms with Gasteiger partial charge in [0, 0.05) is 29.5 Å². The van der Waals surface area contributed by atoms with Crippen molar-refractivity contribution in [2.24, 2.45) is 5.73 Å². The fraction of sp³-hybridized carbons (Fsp3) is 0.714. The van der Waals surface area contributed by atoms with E-state index < -0.39 is 0 Å². The fourth-order valence-corrected chi connectivity index (χ4v) is 3.52. The van der Waals surface area contributed by atoms with E-state index in [4.69, 9.17) is 10.5 Å². The van der Waals surface area contributed by atoms with E-state index in [1.165, 1.54) is 10.4 Å². The van der Waals surface area contributed by atoms with Crippen LogP contribution in [0.3, 0.4) is 0 Å². The summed E-state index contributed by atoms with van der Waals surface area (Å²) in [5, 5.41) is 2.14. The van der Waals surface area contributed by atoms with Gasteiger partial charge >= 0.3 is 0 Å². The lowest BCUT2D eigenvalue weighted by atomic mass is 9.83. The second-order valence-electron chi connectivity index (χ2n) is 5.22. The quantitative estimate of drug-likeness (QED) is 0.912. The molecule has 1 aliphatic heterocycles. The van der Waals surface area contributed by atoms with E-state index in [1.807, 2.05) is 0 Å². The minimum atomic E-state index is 0.0234. The van der Waals surface area contributed by atoms with E-state index in [2.05, 4.69) is 37.1 Å². The maximum atomic E-state index is 6.58. The van der Waals surface area contributed by atoms with Crippen molar-refractivity contribution in [3.63, 3.8) is 0 Å². The zero-order valence-corrected chi connectivity index (χ0v) is 12.4. The highest BCUT2D eigenvalue weighted by molar-refractivity contribution is 7.10. The summed E-state index contributed by atoms with van der Waals surface area (Å²) in [6, 6.07) is 2.26. The summed E-state index contributed by atoms with van der Waals surface area (Å²) in [6.45, 7) is 10.3. The Bertz CT molecular complexity index is 387. The monoisotopic (exact) mass is 268 g/mol. The summed E-state index contributed by atoms with van der Waals surface area (Å²) in [5.41, 5.74) is 7.91. The smallest absolute Gasteiger partial charge is 0.0594 e. The highest BCUT2D eigenvalue weighted by Crippen LogP contribution is 2.35. The molecule has 0 saturated carbocycles. The van der Waals surface area contributed by atoms with E-state index in [0.29, 0.717) is 0 Å². The van der Waals surface area contributed by atoms with Crippen LogP contribution in [0.1, 0.15) is 36.8 Å². The molecule has 2 heterocycles. The molecule has 2 rings (SSSR count). The zero-order chi connectivity index (χ0) is 13.2. The average molecular weight is 268 g/mol. The van der Waals surface area contributed by atoms with Gasteiger partial charge in [-0.1, -0.05) is 6.92 Å². The van der Waals surface area contributed by atoms with E-state index in [0.717, 1.165) is 32.7 Å². The maximum Gasteiger partial charge on any atom is 0.0594 e. The number of hydrogen-bond acceptors (Lipinski definition) is 4. The fourth-order valence-electron chi connectivity index (χ4n) is 2.77. The molecule has 0 aliphatic carbocycles. The summed E-state index contributed by atoms with van der Waals surface area (Å²) < 4.78 is 5.45. The van der Waals surface area contributed by atoms with Gasteiger partial charge in [0.15, 0.2) is 0 Å². The molecule has 0 aromatic carbocycles. The summed E-state index contributed by atoms with van der Waals surface area (Å²) in [7, 11) is 0. The first-order chi connectivity index (χ1) is 8.59. The first-order valence-electron chi connectivity index (χ1n) is 6.72. The van der Waals surface area contributed by atoms with Crippen molar-refractivity contribution < 1.29 is 4.74 Å². The van der Waals surface area contributed by atoms with E-state index in [-0.39, 0.29) is 11.6 Å². The molecule has 3 nitrogen and oxygen atoms in total. The predicted octanol–water partition coefficient (Wildman–Crippen LogP) is 2.56. The van der Waals surface area contributed by atoms with Crippen LogP contribution in [-0.4, -0.2) is 36.7 Å². The van der Waals surface area contributed by atoms with Gasteiger partial charge < -0.3 is 10.5 Å². The molecule has 1 saturated heterocycles. The lowest BCUT2D eigenvalue weighted by Crippen LogP contribution is -2.56. The molecule has 18 heavy (non-hydrogen) atoms. The van der Waals surface area contributed by atoms with Crippen molar-refractivity contribution in [3.05, 3.63) is 21.9 Å². The molecule has 2 unspecified atom stereocenters. The minimum absolute atomic E-state index is 0.0234. The van der Waals surface area contributed by atoms with Gasteiger partial charge in [0.2, 0.25) is 0 Å². The molecule has 2 atom stereocenters. The first kappa shape index (κ1) is 14.0.